The van der Waals surface area contributed by atoms with Crippen LogP contribution < -0.4 is 5.56 Å². The molecule has 2 aromatic carbocycles. The van der Waals surface area contributed by atoms with Crippen molar-refractivity contribution in [2.75, 3.05) is 6.61 Å². The van der Waals surface area contributed by atoms with E-state index in [1.54, 1.807) is 24.3 Å². The average molecular weight is 378 g/mol. The number of benzene rings is 2. The van der Waals surface area contributed by atoms with E-state index >= 15 is 0 Å². The molecule has 6 nitrogen and oxygen atoms in total. The number of para-hydroxylation sites is 1. The lowest BCUT2D eigenvalue weighted by molar-refractivity contribution is -0.142. The molecule has 1 N–H and O–H groups in total. The Balaban J connectivity index is 1.50. The highest BCUT2D eigenvalue weighted by atomic mass is 16.5. The van der Waals surface area contributed by atoms with Crippen LogP contribution in [0.4, 0.5) is 0 Å². The Morgan fingerprint density at radius 2 is 1.89 bits per heavy atom. The predicted octanol–water partition coefficient (Wildman–Crippen LogP) is 3.29. The fourth-order valence-corrected chi connectivity index (χ4v) is 2.99. The number of carbonyl (C=O) groups excluding carboxylic acids is 2. The van der Waals surface area contributed by atoms with Gasteiger partial charge in [-0.1, -0.05) is 29.8 Å². The number of carbonyl (C=O) groups is 2. The first-order chi connectivity index (χ1) is 13.4. The second-order valence-electron chi connectivity index (χ2n) is 6.79. The molecule has 0 saturated carbocycles. The van der Waals surface area contributed by atoms with Crippen molar-refractivity contribution >= 4 is 22.7 Å². The van der Waals surface area contributed by atoms with Crippen molar-refractivity contribution in [3.8, 4) is 0 Å². The van der Waals surface area contributed by atoms with E-state index in [1.165, 1.54) is 0 Å². The number of esters is 1. The first-order valence-electron chi connectivity index (χ1n) is 9.18. The van der Waals surface area contributed by atoms with Gasteiger partial charge in [-0.3, -0.25) is 14.4 Å². The normalized spacial score (nSPS) is 10.8. The van der Waals surface area contributed by atoms with Gasteiger partial charge in [0.1, 0.15) is 5.82 Å². The number of aryl methyl sites for hydroxylation is 3. The van der Waals surface area contributed by atoms with Crippen LogP contribution in [0.1, 0.15) is 40.2 Å². The molecule has 0 atom stereocenters. The van der Waals surface area contributed by atoms with Gasteiger partial charge in [0, 0.05) is 18.4 Å². The number of ether oxygens (including phenoxy) is 1. The average Bonchev–Trinajstić information content (AvgIpc) is 2.68. The SMILES string of the molecule is Cc1ccc(C)c(C(=O)COC(=O)CCCc2nc3ccccc3c(=O)[nH]2)c1. The van der Waals surface area contributed by atoms with E-state index in [0.29, 0.717) is 35.1 Å². The number of aromatic amines is 1. The molecule has 0 fully saturated rings. The molecule has 1 aromatic heterocycles. The summed E-state index contributed by atoms with van der Waals surface area (Å²) in [5, 5.41) is 0.538. The largest absolute Gasteiger partial charge is 0.457 e. The maximum atomic E-state index is 12.3. The first-order valence-corrected chi connectivity index (χ1v) is 9.18. The Morgan fingerprint density at radius 1 is 1.11 bits per heavy atom. The number of ketones is 1. The van der Waals surface area contributed by atoms with Crippen LogP contribution in [-0.2, 0) is 16.0 Å². The van der Waals surface area contributed by atoms with Crippen LogP contribution in [-0.4, -0.2) is 28.3 Å². The predicted molar refractivity (Wildman–Crippen MR) is 107 cm³/mol. The van der Waals surface area contributed by atoms with Crippen molar-refractivity contribution in [1.29, 1.82) is 0 Å². The van der Waals surface area contributed by atoms with Gasteiger partial charge >= 0.3 is 5.97 Å². The van der Waals surface area contributed by atoms with Gasteiger partial charge in [0.25, 0.3) is 5.56 Å². The van der Waals surface area contributed by atoms with Gasteiger partial charge in [-0.05, 0) is 44.0 Å². The number of hydrogen-bond acceptors (Lipinski definition) is 5. The lowest BCUT2D eigenvalue weighted by Crippen LogP contribution is -2.16. The van der Waals surface area contributed by atoms with Crippen molar-refractivity contribution in [2.45, 2.75) is 33.1 Å². The fraction of sp³-hybridized carbons (Fsp3) is 0.273. The highest BCUT2D eigenvalue weighted by molar-refractivity contribution is 5.99. The lowest BCUT2D eigenvalue weighted by atomic mass is 10.0. The molecule has 6 heteroatoms. The lowest BCUT2D eigenvalue weighted by Gasteiger charge is -2.08. The van der Waals surface area contributed by atoms with Crippen molar-refractivity contribution in [3.63, 3.8) is 0 Å². The zero-order valence-electron chi connectivity index (χ0n) is 16.0. The van der Waals surface area contributed by atoms with E-state index in [9.17, 15) is 14.4 Å². The molecular weight excluding hydrogens is 356 g/mol. The molecule has 0 bridgehead atoms. The number of Topliss-reactive ketones (excluding diaryl/α,β-unsaturated/α-hetero) is 1. The number of rotatable bonds is 7. The van der Waals surface area contributed by atoms with Gasteiger partial charge in [0.05, 0.1) is 10.9 Å². The van der Waals surface area contributed by atoms with Crippen LogP contribution >= 0.6 is 0 Å². The van der Waals surface area contributed by atoms with Crippen molar-refractivity contribution < 1.29 is 14.3 Å². The quantitative estimate of drug-likeness (QED) is 0.503. The van der Waals surface area contributed by atoms with Crippen LogP contribution in [0.5, 0.6) is 0 Å². The van der Waals surface area contributed by atoms with Gasteiger partial charge in [-0.25, -0.2) is 4.98 Å². The molecule has 144 valence electrons. The third-order valence-electron chi connectivity index (χ3n) is 4.51. The minimum atomic E-state index is -0.443. The molecular formula is C22H22N2O4. The number of nitrogens with zero attached hydrogens (tertiary/aromatic N) is 1. The standard InChI is InChI=1S/C22H22N2O4/c1-14-10-11-15(2)17(12-14)19(25)13-28-21(26)9-5-8-20-23-18-7-4-3-6-16(18)22(27)24-20/h3-4,6-7,10-12H,5,8-9,13H2,1-2H3,(H,23,24,27). The summed E-state index contributed by atoms with van der Waals surface area (Å²) in [5.74, 6) is -0.125. The zero-order valence-corrected chi connectivity index (χ0v) is 16.0. The third kappa shape index (κ3) is 4.71. The zero-order chi connectivity index (χ0) is 20.1. The van der Waals surface area contributed by atoms with Gasteiger partial charge in [0.15, 0.2) is 6.61 Å². The number of hydrogen-bond donors (Lipinski definition) is 1. The monoisotopic (exact) mass is 378 g/mol. The van der Waals surface area contributed by atoms with E-state index in [-0.39, 0.29) is 24.4 Å². The van der Waals surface area contributed by atoms with E-state index in [4.69, 9.17) is 4.74 Å². The minimum Gasteiger partial charge on any atom is -0.457 e. The number of fused-ring (bicyclic) bond motifs is 1. The van der Waals surface area contributed by atoms with Gasteiger partial charge in [-0.15, -0.1) is 0 Å². The Labute approximate surface area is 162 Å². The van der Waals surface area contributed by atoms with Crippen LogP contribution in [0.2, 0.25) is 0 Å². The van der Waals surface area contributed by atoms with Crippen LogP contribution in [0.25, 0.3) is 10.9 Å². The molecule has 0 amide bonds. The Kier molecular flexibility index (Phi) is 5.99. The molecule has 0 unspecified atom stereocenters. The van der Waals surface area contributed by atoms with E-state index in [2.05, 4.69) is 9.97 Å². The van der Waals surface area contributed by atoms with Crippen molar-refractivity contribution in [1.82, 2.24) is 9.97 Å². The Morgan fingerprint density at radius 3 is 2.71 bits per heavy atom. The van der Waals surface area contributed by atoms with E-state index in [1.807, 2.05) is 32.0 Å². The van der Waals surface area contributed by atoms with Gasteiger partial charge in [-0.2, -0.15) is 0 Å². The molecule has 1 heterocycles. The molecule has 28 heavy (non-hydrogen) atoms. The molecule has 0 radical (unpaired) electrons. The summed E-state index contributed by atoms with van der Waals surface area (Å²) in [5.41, 5.74) is 2.85. The number of nitrogens with one attached hydrogen (secondary N) is 1. The van der Waals surface area contributed by atoms with Crippen LogP contribution in [0.15, 0.2) is 47.3 Å². The second-order valence-corrected chi connectivity index (χ2v) is 6.79. The topological polar surface area (TPSA) is 89.1 Å². The fourth-order valence-electron chi connectivity index (χ4n) is 2.99. The molecule has 0 aliphatic heterocycles. The molecule has 3 rings (SSSR count). The second kappa shape index (κ2) is 8.61. The Bertz CT molecular complexity index is 1090. The third-order valence-corrected chi connectivity index (χ3v) is 4.51. The smallest absolute Gasteiger partial charge is 0.306 e. The first kappa shape index (κ1) is 19.5. The van der Waals surface area contributed by atoms with E-state index in [0.717, 1.165) is 11.1 Å². The summed E-state index contributed by atoms with van der Waals surface area (Å²) in [6.45, 7) is 3.49. The summed E-state index contributed by atoms with van der Waals surface area (Å²) in [7, 11) is 0. The van der Waals surface area contributed by atoms with E-state index < -0.39 is 5.97 Å². The van der Waals surface area contributed by atoms with Gasteiger partial charge in [0.2, 0.25) is 5.78 Å². The van der Waals surface area contributed by atoms with Crippen molar-refractivity contribution in [2.24, 2.45) is 0 Å². The van der Waals surface area contributed by atoms with Crippen LogP contribution in [0.3, 0.4) is 0 Å². The molecule has 0 aliphatic carbocycles. The molecule has 0 spiro atoms. The van der Waals surface area contributed by atoms with Crippen LogP contribution in [0, 0.1) is 13.8 Å². The van der Waals surface area contributed by atoms with Gasteiger partial charge < -0.3 is 9.72 Å². The van der Waals surface area contributed by atoms with Crippen molar-refractivity contribution in [3.05, 3.63) is 75.3 Å². The highest BCUT2D eigenvalue weighted by Gasteiger charge is 2.13. The maximum absolute atomic E-state index is 12.3. The summed E-state index contributed by atoms with van der Waals surface area (Å²) < 4.78 is 5.10. The Hall–Kier alpha value is -3.28. The molecule has 0 saturated heterocycles. The summed E-state index contributed by atoms with van der Waals surface area (Å²) in [6, 6.07) is 12.7. The highest BCUT2D eigenvalue weighted by Crippen LogP contribution is 2.12. The summed E-state index contributed by atoms with van der Waals surface area (Å²) >= 11 is 0. The molecule has 0 aliphatic rings. The minimum absolute atomic E-state index is 0.149. The maximum Gasteiger partial charge on any atom is 0.306 e. The molecule has 3 aromatic rings. The number of aromatic nitrogens is 2. The summed E-state index contributed by atoms with van der Waals surface area (Å²) in [6.07, 6.45) is 1.06. The number of H-pyrrole nitrogens is 1. The summed E-state index contributed by atoms with van der Waals surface area (Å²) in [4.78, 5) is 43.4.